The fraction of sp³-hybridized carbons (Fsp3) is 0.429. The number of nitrogens with one attached hydrogen (secondary N) is 1. The van der Waals surface area contributed by atoms with Crippen LogP contribution in [0.1, 0.15) is 11.7 Å². The molecule has 4 rings (SSSR count). The van der Waals surface area contributed by atoms with Crippen molar-refractivity contribution >= 4 is 5.91 Å². The highest BCUT2D eigenvalue weighted by Crippen LogP contribution is 2.48. The minimum absolute atomic E-state index is 0.229. The normalized spacial score (nSPS) is 25.4. The number of likely N-dealkylation sites (tertiary alicyclic amines) is 1. The number of pyridine rings is 1. The van der Waals surface area contributed by atoms with E-state index in [1.807, 2.05) is 5.32 Å². The molecule has 1 aromatic heterocycles. The Hall–Kier alpha value is -2.72. The van der Waals surface area contributed by atoms with Gasteiger partial charge in [-0.15, -0.1) is 0 Å². The number of hydrogen-bond donors (Lipinski definition) is 2. The van der Waals surface area contributed by atoms with Crippen LogP contribution >= 0.6 is 0 Å². The first-order chi connectivity index (χ1) is 14.6. The Morgan fingerprint density at radius 3 is 2.48 bits per heavy atom. The second-order valence-corrected chi connectivity index (χ2v) is 7.99. The Balaban J connectivity index is 1.65. The van der Waals surface area contributed by atoms with Gasteiger partial charge < -0.3 is 15.0 Å². The summed E-state index contributed by atoms with van der Waals surface area (Å²) in [5.74, 6) is -2.16. The summed E-state index contributed by atoms with van der Waals surface area (Å²) in [5.41, 5.74) is 1.32. The first-order valence-corrected chi connectivity index (χ1v) is 9.79. The van der Waals surface area contributed by atoms with E-state index in [1.165, 1.54) is 24.3 Å². The quantitative estimate of drug-likeness (QED) is 0.715. The Morgan fingerprint density at radius 2 is 1.87 bits per heavy atom. The number of carbonyl (C=O) groups is 1. The summed E-state index contributed by atoms with van der Waals surface area (Å²) < 4.78 is 52.3. The fourth-order valence-corrected chi connectivity index (χ4v) is 4.91. The van der Waals surface area contributed by atoms with Gasteiger partial charge in [-0.2, -0.15) is 13.2 Å². The largest absolute Gasteiger partial charge is 0.405 e. The number of aromatic nitrogens is 1. The van der Waals surface area contributed by atoms with E-state index >= 15 is 0 Å². The Kier molecular flexibility index (Phi) is 5.38. The molecule has 2 aliphatic rings. The molecule has 1 amide bonds. The second-order valence-electron chi connectivity index (χ2n) is 7.99. The Morgan fingerprint density at radius 1 is 1.19 bits per heavy atom. The maximum atomic E-state index is 13.2. The van der Waals surface area contributed by atoms with Crippen molar-refractivity contribution in [1.29, 1.82) is 0 Å². The number of aliphatic hydroxyl groups excluding tert-OH is 1. The summed E-state index contributed by atoms with van der Waals surface area (Å²) in [6, 6.07) is 7.59. The second kappa shape index (κ2) is 7.76. The molecule has 0 saturated carbocycles. The standard InChI is InChI=1S/C21H21F4N3O3/c1-27-17-14(15(9-29)18(27)19(30)26-10-21(23,24)25)8-28-16(17)7-6-13(20(28)31)11-2-4-12(22)5-3-11/h2-7,14-15,17-18,29H,8-10H2,1H3,(H,26,30)/t14-,15-,17+,18-/m0/s1. The molecule has 1 fully saturated rings. The van der Waals surface area contributed by atoms with Gasteiger partial charge >= 0.3 is 6.18 Å². The minimum Gasteiger partial charge on any atom is -0.396 e. The van der Waals surface area contributed by atoms with Crippen molar-refractivity contribution < 1.29 is 27.5 Å². The smallest absolute Gasteiger partial charge is 0.396 e. The zero-order valence-electron chi connectivity index (χ0n) is 16.6. The number of carbonyl (C=O) groups excluding carboxylic acids is 1. The third kappa shape index (κ3) is 3.74. The van der Waals surface area contributed by atoms with Gasteiger partial charge in [0, 0.05) is 36.2 Å². The summed E-state index contributed by atoms with van der Waals surface area (Å²) >= 11 is 0. The van der Waals surface area contributed by atoms with Gasteiger partial charge in [0.05, 0.1) is 12.1 Å². The van der Waals surface area contributed by atoms with Crippen LogP contribution in [0.5, 0.6) is 0 Å². The van der Waals surface area contributed by atoms with E-state index < -0.39 is 49.1 Å². The molecule has 31 heavy (non-hydrogen) atoms. The van der Waals surface area contributed by atoms with E-state index in [2.05, 4.69) is 0 Å². The summed E-state index contributed by atoms with van der Waals surface area (Å²) in [5, 5.41) is 11.8. The Bertz CT molecular complexity index is 1050. The molecule has 4 atom stereocenters. The minimum atomic E-state index is -4.53. The van der Waals surface area contributed by atoms with Crippen LogP contribution in [-0.2, 0) is 11.3 Å². The lowest BCUT2D eigenvalue weighted by molar-refractivity contribution is -0.142. The number of alkyl halides is 3. The van der Waals surface area contributed by atoms with E-state index in [1.54, 1.807) is 28.6 Å². The number of fused-ring (bicyclic) bond motifs is 3. The average molecular weight is 439 g/mol. The molecule has 0 radical (unpaired) electrons. The van der Waals surface area contributed by atoms with Gasteiger partial charge in [-0.3, -0.25) is 14.5 Å². The highest BCUT2D eigenvalue weighted by atomic mass is 19.4. The number of benzene rings is 1. The van der Waals surface area contributed by atoms with Crippen molar-refractivity contribution in [2.75, 3.05) is 20.2 Å². The summed E-state index contributed by atoms with van der Waals surface area (Å²) in [4.78, 5) is 27.2. The number of aliphatic hydroxyl groups is 1. The third-order valence-corrected chi connectivity index (χ3v) is 6.24. The number of likely N-dealkylation sites (N-methyl/N-ethyl adjacent to an activating group) is 1. The molecule has 2 N–H and O–H groups in total. The molecule has 2 aliphatic heterocycles. The predicted octanol–water partition coefficient (Wildman–Crippen LogP) is 1.93. The van der Waals surface area contributed by atoms with E-state index in [0.717, 1.165) is 0 Å². The number of halogens is 4. The van der Waals surface area contributed by atoms with Crippen LogP contribution in [0.4, 0.5) is 17.6 Å². The van der Waals surface area contributed by atoms with Crippen LogP contribution in [0, 0.1) is 17.7 Å². The van der Waals surface area contributed by atoms with Crippen LogP contribution in [0.25, 0.3) is 11.1 Å². The number of rotatable bonds is 4. The summed E-state index contributed by atoms with van der Waals surface area (Å²) in [7, 11) is 1.61. The molecule has 6 nitrogen and oxygen atoms in total. The maximum absolute atomic E-state index is 13.2. The van der Waals surface area contributed by atoms with Crippen LogP contribution in [0.15, 0.2) is 41.2 Å². The van der Waals surface area contributed by atoms with Crippen molar-refractivity contribution in [3.8, 4) is 11.1 Å². The molecule has 0 aliphatic carbocycles. The van der Waals surface area contributed by atoms with Crippen LogP contribution in [0.3, 0.4) is 0 Å². The third-order valence-electron chi connectivity index (χ3n) is 6.24. The van der Waals surface area contributed by atoms with Crippen molar-refractivity contribution in [1.82, 2.24) is 14.8 Å². The van der Waals surface area contributed by atoms with Crippen molar-refractivity contribution in [3.63, 3.8) is 0 Å². The first kappa shape index (κ1) is 21.5. The molecular formula is C21H21F4N3O3. The number of hydrogen-bond acceptors (Lipinski definition) is 4. The molecule has 0 spiro atoms. The molecular weight excluding hydrogens is 418 g/mol. The first-order valence-electron chi connectivity index (χ1n) is 9.79. The lowest BCUT2D eigenvalue weighted by Crippen LogP contribution is -2.49. The Labute approximate surface area is 175 Å². The van der Waals surface area contributed by atoms with Gasteiger partial charge in [-0.05, 0) is 36.9 Å². The lowest BCUT2D eigenvalue weighted by atomic mass is 9.88. The number of nitrogens with zero attached hydrogens (tertiary/aromatic N) is 2. The highest BCUT2D eigenvalue weighted by molar-refractivity contribution is 5.82. The number of amides is 1. The molecule has 166 valence electrons. The zero-order chi connectivity index (χ0) is 22.5. The van der Waals surface area contributed by atoms with Crippen molar-refractivity contribution in [2.24, 2.45) is 11.8 Å². The van der Waals surface area contributed by atoms with Crippen molar-refractivity contribution in [2.45, 2.75) is 24.8 Å². The fourth-order valence-electron chi connectivity index (χ4n) is 4.91. The van der Waals surface area contributed by atoms with Gasteiger partial charge in [0.2, 0.25) is 5.91 Å². The highest BCUT2D eigenvalue weighted by Gasteiger charge is 2.54. The SMILES string of the molecule is CN1[C@H](C(=O)NCC(F)(F)F)[C@@H](CO)[C@@H]2Cn3c(ccc(-c4ccc(F)cc4)c3=O)[C@@H]21. The molecule has 1 saturated heterocycles. The van der Waals surface area contributed by atoms with Crippen LogP contribution in [-0.4, -0.2) is 52.9 Å². The van der Waals surface area contributed by atoms with E-state index in [4.69, 9.17) is 0 Å². The molecule has 0 unspecified atom stereocenters. The van der Waals surface area contributed by atoms with Gasteiger partial charge in [0.1, 0.15) is 12.4 Å². The molecule has 0 bridgehead atoms. The monoisotopic (exact) mass is 439 g/mol. The summed E-state index contributed by atoms with van der Waals surface area (Å²) in [6.07, 6.45) is -4.53. The van der Waals surface area contributed by atoms with Gasteiger partial charge in [-0.1, -0.05) is 12.1 Å². The van der Waals surface area contributed by atoms with E-state index in [-0.39, 0.29) is 18.0 Å². The van der Waals surface area contributed by atoms with Gasteiger partial charge in [0.25, 0.3) is 5.56 Å². The molecule has 3 heterocycles. The predicted molar refractivity (Wildman–Crippen MR) is 104 cm³/mol. The lowest BCUT2D eigenvalue weighted by Gasteiger charge is -2.27. The topological polar surface area (TPSA) is 74.6 Å². The zero-order valence-corrected chi connectivity index (χ0v) is 16.6. The van der Waals surface area contributed by atoms with Crippen LogP contribution in [0.2, 0.25) is 0 Å². The van der Waals surface area contributed by atoms with Gasteiger partial charge in [0.15, 0.2) is 0 Å². The van der Waals surface area contributed by atoms with E-state index in [0.29, 0.717) is 16.8 Å². The van der Waals surface area contributed by atoms with Crippen molar-refractivity contribution in [3.05, 3.63) is 58.3 Å². The van der Waals surface area contributed by atoms with E-state index in [9.17, 15) is 32.3 Å². The van der Waals surface area contributed by atoms with Gasteiger partial charge in [-0.25, -0.2) is 4.39 Å². The molecule has 2 aromatic rings. The summed E-state index contributed by atoms with van der Waals surface area (Å²) in [6.45, 7) is -1.61. The average Bonchev–Trinajstić information content (AvgIpc) is 3.22. The molecule has 1 aromatic carbocycles. The van der Waals surface area contributed by atoms with Crippen LogP contribution < -0.4 is 10.9 Å². The maximum Gasteiger partial charge on any atom is 0.405 e. The molecule has 10 heteroatoms.